The highest BCUT2D eigenvalue weighted by Gasteiger charge is 2.33. The van der Waals surface area contributed by atoms with Gasteiger partial charge in [-0.05, 0) is 12.5 Å². The number of rotatable bonds is 3. The van der Waals surface area contributed by atoms with E-state index in [1.807, 2.05) is 0 Å². The van der Waals surface area contributed by atoms with E-state index in [1.165, 1.54) is 18.2 Å². The van der Waals surface area contributed by atoms with E-state index in [0.717, 1.165) is 13.0 Å². The van der Waals surface area contributed by atoms with Gasteiger partial charge in [-0.25, -0.2) is 8.78 Å². The van der Waals surface area contributed by atoms with Crippen molar-refractivity contribution in [3.8, 4) is 0 Å². The molecular formula is C9H10F2N2O2. The van der Waals surface area contributed by atoms with Crippen molar-refractivity contribution in [2.45, 2.75) is 18.9 Å². The fraction of sp³-hybridized carbons (Fsp3) is 0.333. The third-order valence-corrected chi connectivity index (χ3v) is 2.13. The molecule has 0 heterocycles. The summed E-state index contributed by atoms with van der Waals surface area (Å²) in [6, 6.07) is 4.97. The molecule has 0 bridgehead atoms. The standard InChI is InChI=1S/C9H10F2N2O2/c1-9(12,8(10)11)6-3-2-4-7(5-6)13(14)15/h2-5,8H,12H2,1H3. The van der Waals surface area contributed by atoms with Crippen LogP contribution in [-0.2, 0) is 5.54 Å². The summed E-state index contributed by atoms with van der Waals surface area (Å²) in [7, 11) is 0. The minimum Gasteiger partial charge on any atom is -0.317 e. The Kier molecular flexibility index (Phi) is 2.99. The summed E-state index contributed by atoms with van der Waals surface area (Å²) >= 11 is 0. The number of hydrogen-bond donors (Lipinski definition) is 1. The number of hydrogen-bond acceptors (Lipinski definition) is 3. The van der Waals surface area contributed by atoms with Crippen molar-refractivity contribution >= 4 is 5.69 Å². The maximum absolute atomic E-state index is 12.5. The van der Waals surface area contributed by atoms with E-state index in [1.54, 1.807) is 0 Å². The van der Waals surface area contributed by atoms with Crippen molar-refractivity contribution in [1.82, 2.24) is 0 Å². The summed E-state index contributed by atoms with van der Waals surface area (Å²) in [6.45, 7) is 1.14. The van der Waals surface area contributed by atoms with E-state index >= 15 is 0 Å². The van der Waals surface area contributed by atoms with Crippen LogP contribution in [0.15, 0.2) is 24.3 Å². The Bertz CT molecular complexity index is 380. The molecule has 0 aliphatic heterocycles. The number of nitrogens with zero attached hydrogens (tertiary/aromatic N) is 1. The second kappa shape index (κ2) is 3.90. The quantitative estimate of drug-likeness (QED) is 0.620. The fourth-order valence-electron chi connectivity index (χ4n) is 1.08. The molecule has 6 heteroatoms. The van der Waals surface area contributed by atoms with E-state index in [4.69, 9.17) is 5.73 Å². The molecule has 0 fully saturated rings. The Balaban J connectivity index is 3.16. The number of non-ortho nitro benzene ring substituents is 1. The van der Waals surface area contributed by atoms with Crippen molar-refractivity contribution in [2.75, 3.05) is 0 Å². The molecule has 0 saturated heterocycles. The molecule has 0 aromatic heterocycles. The van der Waals surface area contributed by atoms with Crippen LogP contribution in [0.1, 0.15) is 12.5 Å². The van der Waals surface area contributed by atoms with Crippen LogP contribution < -0.4 is 5.73 Å². The predicted octanol–water partition coefficient (Wildman–Crippen LogP) is 2.03. The average molecular weight is 216 g/mol. The van der Waals surface area contributed by atoms with Crippen molar-refractivity contribution in [3.05, 3.63) is 39.9 Å². The normalized spacial score (nSPS) is 15.0. The van der Waals surface area contributed by atoms with Gasteiger partial charge in [-0.1, -0.05) is 12.1 Å². The van der Waals surface area contributed by atoms with Crippen LogP contribution in [0.4, 0.5) is 14.5 Å². The van der Waals surface area contributed by atoms with Gasteiger partial charge >= 0.3 is 0 Å². The first-order valence-electron chi connectivity index (χ1n) is 4.17. The summed E-state index contributed by atoms with van der Waals surface area (Å²) < 4.78 is 25.1. The fourth-order valence-corrected chi connectivity index (χ4v) is 1.08. The van der Waals surface area contributed by atoms with Gasteiger partial charge < -0.3 is 5.73 Å². The zero-order chi connectivity index (χ0) is 11.6. The molecule has 0 aliphatic rings. The number of halogens is 2. The zero-order valence-corrected chi connectivity index (χ0v) is 7.98. The molecule has 1 rings (SSSR count). The number of nitro groups is 1. The van der Waals surface area contributed by atoms with Crippen molar-refractivity contribution in [3.63, 3.8) is 0 Å². The van der Waals surface area contributed by atoms with Crippen LogP contribution in [0.3, 0.4) is 0 Å². The van der Waals surface area contributed by atoms with Crippen molar-refractivity contribution in [1.29, 1.82) is 0 Å². The Morgan fingerprint density at radius 3 is 2.60 bits per heavy atom. The highest BCUT2D eigenvalue weighted by Crippen LogP contribution is 2.27. The molecule has 1 aromatic carbocycles. The molecule has 1 aromatic rings. The Labute approximate surface area is 84.9 Å². The van der Waals surface area contributed by atoms with Crippen molar-refractivity contribution in [2.24, 2.45) is 5.73 Å². The smallest absolute Gasteiger partial charge is 0.269 e. The molecule has 0 amide bonds. The highest BCUT2D eigenvalue weighted by atomic mass is 19.3. The molecule has 2 N–H and O–H groups in total. The number of nitrogens with two attached hydrogens (primary N) is 1. The lowest BCUT2D eigenvalue weighted by Gasteiger charge is -2.23. The molecule has 15 heavy (non-hydrogen) atoms. The van der Waals surface area contributed by atoms with Crippen LogP contribution in [0.2, 0.25) is 0 Å². The minimum atomic E-state index is -2.78. The van der Waals surface area contributed by atoms with E-state index < -0.39 is 16.9 Å². The largest absolute Gasteiger partial charge is 0.317 e. The Morgan fingerprint density at radius 1 is 1.53 bits per heavy atom. The lowest BCUT2D eigenvalue weighted by atomic mass is 9.93. The van der Waals surface area contributed by atoms with Gasteiger partial charge in [0, 0.05) is 12.1 Å². The topological polar surface area (TPSA) is 69.2 Å². The van der Waals surface area contributed by atoms with Gasteiger partial charge in [-0.15, -0.1) is 0 Å². The molecule has 0 radical (unpaired) electrons. The molecule has 1 atom stereocenters. The minimum absolute atomic E-state index is 0.0479. The first-order valence-corrected chi connectivity index (χ1v) is 4.17. The number of alkyl halides is 2. The molecular weight excluding hydrogens is 206 g/mol. The van der Waals surface area contributed by atoms with Gasteiger partial charge in [0.1, 0.15) is 0 Å². The van der Waals surface area contributed by atoms with Crippen LogP contribution in [0, 0.1) is 10.1 Å². The molecule has 4 nitrogen and oxygen atoms in total. The lowest BCUT2D eigenvalue weighted by molar-refractivity contribution is -0.385. The van der Waals surface area contributed by atoms with E-state index in [2.05, 4.69) is 0 Å². The molecule has 82 valence electrons. The van der Waals surface area contributed by atoms with Gasteiger partial charge in [0.15, 0.2) is 0 Å². The zero-order valence-electron chi connectivity index (χ0n) is 7.98. The van der Waals surface area contributed by atoms with Gasteiger partial charge in [-0.3, -0.25) is 10.1 Å². The molecule has 1 unspecified atom stereocenters. The van der Waals surface area contributed by atoms with Crippen LogP contribution in [-0.4, -0.2) is 11.3 Å². The Morgan fingerprint density at radius 2 is 2.13 bits per heavy atom. The summed E-state index contributed by atoms with van der Waals surface area (Å²) in [5, 5.41) is 10.4. The van der Waals surface area contributed by atoms with E-state index in [9.17, 15) is 18.9 Å². The van der Waals surface area contributed by atoms with E-state index in [-0.39, 0.29) is 11.3 Å². The number of benzene rings is 1. The van der Waals surface area contributed by atoms with Gasteiger partial charge in [0.2, 0.25) is 0 Å². The SMILES string of the molecule is CC(N)(c1cccc([N+](=O)[O-])c1)C(F)F. The van der Waals surface area contributed by atoms with Gasteiger partial charge in [0.25, 0.3) is 12.1 Å². The first-order chi connectivity index (χ1) is 6.85. The van der Waals surface area contributed by atoms with Gasteiger partial charge in [0.05, 0.1) is 10.5 Å². The van der Waals surface area contributed by atoms with Gasteiger partial charge in [-0.2, -0.15) is 0 Å². The van der Waals surface area contributed by atoms with Crippen LogP contribution in [0.25, 0.3) is 0 Å². The summed E-state index contributed by atoms with van der Waals surface area (Å²) in [5.74, 6) is 0. The third-order valence-electron chi connectivity index (χ3n) is 2.13. The van der Waals surface area contributed by atoms with Crippen molar-refractivity contribution < 1.29 is 13.7 Å². The van der Waals surface area contributed by atoms with Crippen LogP contribution in [0.5, 0.6) is 0 Å². The second-order valence-corrected chi connectivity index (χ2v) is 3.39. The molecule has 0 aliphatic carbocycles. The Hall–Kier alpha value is -1.56. The highest BCUT2D eigenvalue weighted by molar-refractivity contribution is 5.37. The first kappa shape index (κ1) is 11.5. The molecule has 0 saturated carbocycles. The summed E-state index contributed by atoms with van der Waals surface area (Å²) in [5.41, 5.74) is 3.31. The third kappa shape index (κ3) is 2.27. The van der Waals surface area contributed by atoms with Crippen LogP contribution >= 0.6 is 0 Å². The van der Waals surface area contributed by atoms with E-state index in [0.29, 0.717) is 0 Å². The molecule has 0 spiro atoms. The average Bonchev–Trinajstić information content (AvgIpc) is 2.17. The second-order valence-electron chi connectivity index (χ2n) is 3.39. The summed E-state index contributed by atoms with van der Waals surface area (Å²) in [6.07, 6.45) is -2.78. The maximum Gasteiger partial charge on any atom is 0.269 e. The lowest BCUT2D eigenvalue weighted by Crippen LogP contribution is -2.40. The predicted molar refractivity (Wildman–Crippen MR) is 50.6 cm³/mol. The number of nitro benzene ring substituents is 1. The summed E-state index contributed by atoms with van der Waals surface area (Å²) in [4.78, 5) is 9.78. The monoisotopic (exact) mass is 216 g/mol. The maximum atomic E-state index is 12.5.